The fraction of sp³-hybridized carbons (Fsp3) is 0.400. The Kier molecular flexibility index (Phi) is 4.89. The van der Waals surface area contributed by atoms with Crippen molar-refractivity contribution in [1.29, 1.82) is 0 Å². The second-order valence-corrected chi connectivity index (χ2v) is 4.53. The summed E-state index contributed by atoms with van der Waals surface area (Å²) >= 11 is 0. The maximum Gasteiger partial charge on any atom is 0.337 e. The van der Waals surface area contributed by atoms with Crippen LogP contribution < -0.4 is 0 Å². The van der Waals surface area contributed by atoms with E-state index in [1.54, 1.807) is 0 Å². The number of hydrogen-bond donors (Lipinski definition) is 1. The van der Waals surface area contributed by atoms with Gasteiger partial charge in [0.15, 0.2) is 6.10 Å². The third-order valence-electron chi connectivity index (χ3n) is 3.23. The highest BCUT2D eigenvalue weighted by Gasteiger charge is 2.47. The molecule has 1 aliphatic rings. The number of hydrogen-bond acceptors (Lipinski definition) is 5. The predicted octanol–water partition coefficient (Wildman–Crippen LogP) is 1.06. The third-order valence-corrected chi connectivity index (χ3v) is 3.23. The molecule has 0 spiro atoms. The number of methoxy groups -OCH3 is 1. The molecule has 5 heteroatoms. The van der Waals surface area contributed by atoms with Gasteiger partial charge in [-0.3, -0.25) is 0 Å². The fourth-order valence-corrected chi connectivity index (χ4v) is 2.15. The number of rotatable bonds is 5. The van der Waals surface area contributed by atoms with E-state index in [1.165, 1.54) is 13.2 Å². The van der Waals surface area contributed by atoms with Gasteiger partial charge in [0.2, 0.25) is 0 Å². The Balaban J connectivity index is 2.02. The van der Waals surface area contributed by atoms with Gasteiger partial charge in [-0.05, 0) is 5.56 Å². The highest BCUT2D eigenvalue weighted by Crippen LogP contribution is 2.26. The molecule has 1 heterocycles. The van der Waals surface area contributed by atoms with Crippen molar-refractivity contribution in [3.63, 3.8) is 0 Å². The van der Waals surface area contributed by atoms with Crippen LogP contribution in [-0.2, 0) is 25.6 Å². The van der Waals surface area contributed by atoms with Crippen LogP contribution in [0.4, 0.5) is 0 Å². The second kappa shape index (κ2) is 6.65. The fourth-order valence-electron chi connectivity index (χ4n) is 2.15. The first-order chi connectivity index (χ1) is 9.67. The topological polar surface area (TPSA) is 65.0 Å². The molecule has 0 bridgehead atoms. The molecular weight excluding hydrogens is 260 g/mol. The largest absolute Gasteiger partial charge is 0.467 e. The van der Waals surface area contributed by atoms with Crippen LogP contribution in [0, 0.1) is 0 Å². The molecule has 1 aromatic carbocycles. The molecular formula is C15H18O5. The molecule has 1 aromatic rings. The van der Waals surface area contributed by atoms with Crippen LogP contribution in [-0.4, -0.2) is 42.6 Å². The van der Waals surface area contributed by atoms with Gasteiger partial charge >= 0.3 is 5.97 Å². The number of benzene rings is 1. The average Bonchev–Trinajstić information content (AvgIpc) is 2.81. The summed E-state index contributed by atoms with van der Waals surface area (Å²) in [7, 11) is 1.25. The molecule has 0 amide bonds. The minimum absolute atomic E-state index is 0.324. The molecule has 20 heavy (non-hydrogen) atoms. The van der Waals surface area contributed by atoms with E-state index in [1.807, 2.05) is 30.3 Å². The van der Waals surface area contributed by atoms with Gasteiger partial charge in [-0.1, -0.05) is 36.4 Å². The Morgan fingerprint density at radius 2 is 2.15 bits per heavy atom. The van der Waals surface area contributed by atoms with Gasteiger partial charge in [0.05, 0.1) is 13.7 Å². The van der Waals surface area contributed by atoms with E-state index in [0.29, 0.717) is 6.61 Å². The first-order valence-electron chi connectivity index (χ1n) is 6.36. The molecule has 2 rings (SSSR count). The molecule has 0 unspecified atom stereocenters. The van der Waals surface area contributed by atoms with E-state index in [4.69, 9.17) is 9.47 Å². The van der Waals surface area contributed by atoms with Gasteiger partial charge < -0.3 is 19.3 Å². The number of carbonyl (C=O) groups excluding carboxylic acids is 1. The lowest BCUT2D eigenvalue weighted by molar-refractivity contribution is -0.156. The summed E-state index contributed by atoms with van der Waals surface area (Å²) < 4.78 is 15.7. The summed E-state index contributed by atoms with van der Waals surface area (Å²) in [5, 5.41) is 10.1. The van der Waals surface area contributed by atoms with Crippen LogP contribution in [0.5, 0.6) is 0 Å². The van der Waals surface area contributed by atoms with Crippen LogP contribution in [0.15, 0.2) is 43.0 Å². The van der Waals surface area contributed by atoms with Gasteiger partial charge in [0.25, 0.3) is 0 Å². The van der Waals surface area contributed by atoms with Crippen LogP contribution in [0.25, 0.3) is 0 Å². The Bertz CT molecular complexity index is 459. The number of aliphatic hydroxyl groups excluding tert-OH is 1. The summed E-state index contributed by atoms with van der Waals surface area (Å²) in [4.78, 5) is 11.5. The lowest BCUT2D eigenvalue weighted by Gasteiger charge is -2.18. The van der Waals surface area contributed by atoms with E-state index in [9.17, 15) is 9.90 Å². The Morgan fingerprint density at radius 3 is 2.75 bits per heavy atom. The summed E-state index contributed by atoms with van der Waals surface area (Å²) in [5.41, 5.74) is 0.976. The van der Waals surface area contributed by atoms with Crippen molar-refractivity contribution >= 4 is 5.97 Å². The van der Waals surface area contributed by atoms with Crippen LogP contribution >= 0.6 is 0 Å². The molecule has 0 aromatic heterocycles. The average molecular weight is 278 g/mol. The summed E-state index contributed by atoms with van der Waals surface area (Å²) in [6, 6.07) is 9.56. The van der Waals surface area contributed by atoms with Gasteiger partial charge in [-0.15, -0.1) is 6.58 Å². The first-order valence-corrected chi connectivity index (χ1v) is 6.36. The summed E-state index contributed by atoms with van der Waals surface area (Å²) in [6.45, 7) is 3.96. The van der Waals surface area contributed by atoms with E-state index >= 15 is 0 Å². The van der Waals surface area contributed by atoms with Crippen LogP contribution in [0.2, 0.25) is 0 Å². The summed E-state index contributed by atoms with van der Waals surface area (Å²) in [6.07, 6.45) is -1.78. The van der Waals surface area contributed by atoms with Crippen molar-refractivity contribution in [2.75, 3.05) is 7.11 Å². The number of aliphatic hydroxyl groups is 1. The zero-order valence-corrected chi connectivity index (χ0v) is 11.3. The number of carbonyl (C=O) groups is 1. The molecule has 1 N–H and O–H groups in total. The van der Waals surface area contributed by atoms with Crippen molar-refractivity contribution in [3.05, 3.63) is 48.6 Å². The van der Waals surface area contributed by atoms with Crippen molar-refractivity contribution < 1.29 is 24.1 Å². The smallest absolute Gasteiger partial charge is 0.337 e. The molecule has 5 nitrogen and oxygen atoms in total. The normalized spacial score (nSPS) is 29.1. The quantitative estimate of drug-likeness (QED) is 0.644. The lowest BCUT2D eigenvalue weighted by atomic mass is 10.1. The van der Waals surface area contributed by atoms with Gasteiger partial charge in [-0.25, -0.2) is 4.79 Å². The first kappa shape index (κ1) is 14.7. The molecule has 1 saturated heterocycles. The van der Waals surface area contributed by atoms with E-state index in [-0.39, 0.29) is 0 Å². The van der Waals surface area contributed by atoms with E-state index < -0.39 is 30.4 Å². The van der Waals surface area contributed by atoms with Gasteiger partial charge in [0.1, 0.15) is 18.3 Å². The second-order valence-electron chi connectivity index (χ2n) is 4.53. The van der Waals surface area contributed by atoms with Crippen molar-refractivity contribution in [3.8, 4) is 0 Å². The van der Waals surface area contributed by atoms with Crippen LogP contribution in [0.1, 0.15) is 5.56 Å². The standard InChI is InChI=1S/C15H18O5/c1-3-11-13(12(16)14(20-11)15(17)18-2)19-9-10-7-5-4-6-8-10/h3-8,11-14,16H,1,9H2,2H3/t11-,12-,13+,14-/m1/s1. The molecule has 0 saturated carbocycles. The van der Waals surface area contributed by atoms with Crippen molar-refractivity contribution in [2.45, 2.75) is 31.0 Å². The Labute approximate surface area is 117 Å². The number of esters is 1. The lowest BCUT2D eigenvalue weighted by Crippen LogP contribution is -2.38. The zero-order chi connectivity index (χ0) is 14.5. The minimum atomic E-state index is -1.07. The maximum atomic E-state index is 11.5. The highest BCUT2D eigenvalue weighted by atomic mass is 16.6. The predicted molar refractivity (Wildman–Crippen MR) is 71.9 cm³/mol. The molecule has 0 aliphatic carbocycles. The number of ether oxygens (including phenoxy) is 3. The molecule has 1 aliphatic heterocycles. The molecule has 0 radical (unpaired) electrons. The van der Waals surface area contributed by atoms with Crippen molar-refractivity contribution in [2.24, 2.45) is 0 Å². The highest BCUT2D eigenvalue weighted by molar-refractivity contribution is 5.76. The SMILES string of the molecule is C=C[C@H]1O[C@@H](C(=O)OC)[C@H](O)[C@H]1OCc1ccccc1. The Morgan fingerprint density at radius 1 is 1.45 bits per heavy atom. The van der Waals surface area contributed by atoms with E-state index in [0.717, 1.165) is 5.56 Å². The third kappa shape index (κ3) is 3.07. The van der Waals surface area contributed by atoms with Crippen LogP contribution in [0.3, 0.4) is 0 Å². The molecule has 1 fully saturated rings. The zero-order valence-electron chi connectivity index (χ0n) is 11.3. The van der Waals surface area contributed by atoms with Gasteiger partial charge in [0, 0.05) is 0 Å². The Hall–Kier alpha value is -1.69. The maximum absolute atomic E-state index is 11.5. The van der Waals surface area contributed by atoms with E-state index in [2.05, 4.69) is 11.3 Å². The summed E-state index contributed by atoms with van der Waals surface area (Å²) in [5.74, 6) is -0.616. The molecule has 4 atom stereocenters. The monoisotopic (exact) mass is 278 g/mol. The van der Waals surface area contributed by atoms with Gasteiger partial charge in [-0.2, -0.15) is 0 Å². The minimum Gasteiger partial charge on any atom is -0.467 e. The molecule has 108 valence electrons. The van der Waals surface area contributed by atoms with Crippen molar-refractivity contribution in [1.82, 2.24) is 0 Å².